The molecule has 2 aromatic rings. The number of H-pyrrole nitrogens is 1. The Balaban J connectivity index is 2.96. The van der Waals surface area contributed by atoms with E-state index in [4.69, 9.17) is 5.11 Å². The Morgan fingerprint density at radius 2 is 2.13 bits per heavy atom. The first-order valence-electron chi connectivity index (χ1n) is 4.45. The fraction of sp³-hybridized carbons (Fsp3) is 0.0909. The first-order valence-corrected chi connectivity index (χ1v) is 4.45. The molecule has 1 aromatic carbocycles. The number of aromatic nitrogens is 1. The van der Waals surface area contributed by atoms with Crippen molar-refractivity contribution >= 4 is 16.9 Å². The van der Waals surface area contributed by atoms with Gasteiger partial charge in [-0.25, -0.2) is 4.79 Å². The molecule has 0 spiro atoms. The molecule has 0 bridgehead atoms. The maximum absolute atomic E-state index is 11.8. The molecule has 0 radical (unpaired) electrons. The van der Waals surface area contributed by atoms with Crippen LogP contribution in [0.25, 0.3) is 10.9 Å². The monoisotopic (exact) mass is 203 g/mol. The van der Waals surface area contributed by atoms with Crippen LogP contribution in [0.1, 0.15) is 15.9 Å². The van der Waals surface area contributed by atoms with Crippen molar-refractivity contribution in [2.24, 2.45) is 0 Å². The molecule has 0 saturated carbocycles. The molecule has 0 saturated heterocycles. The van der Waals surface area contributed by atoms with Crippen LogP contribution in [0, 0.1) is 6.92 Å². The third-order valence-corrected chi connectivity index (χ3v) is 2.35. The predicted octanol–water partition coefficient (Wildman–Crippen LogP) is 1.53. The van der Waals surface area contributed by atoms with Gasteiger partial charge in [0.2, 0.25) is 5.43 Å². The van der Waals surface area contributed by atoms with Gasteiger partial charge in [0.15, 0.2) is 0 Å². The Morgan fingerprint density at radius 1 is 1.40 bits per heavy atom. The second-order valence-electron chi connectivity index (χ2n) is 3.33. The average molecular weight is 203 g/mol. The number of aryl methyl sites for hydroxylation is 1. The van der Waals surface area contributed by atoms with Gasteiger partial charge in [-0.1, -0.05) is 12.1 Å². The lowest BCUT2D eigenvalue weighted by molar-refractivity contribution is 0.0695. The molecule has 4 nitrogen and oxygen atoms in total. The Bertz CT molecular complexity index is 598. The van der Waals surface area contributed by atoms with E-state index in [9.17, 15) is 9.59 Å². The van der Waals surface area contributed by atoms with E-state index in [0.29, 0.717) is 10.9 Å². The second kappa shape index (κ2) is 3.24. The van der Waals surface area contributed by atoms with Crippen molar-refractivity contribution in [3.05, 3.63) is 45.7 Å². The van der Waals surface area contributed by atoms with Crippen LogP contribution >= 0.6 is 0 Å². The summed E-state index contributed by atoms with van der Waals surface area (Å²) in [5.41, 5.74) is 0.771. The number of rotatable bonds is 1. The van der Waals surface area contributed by atoms with Crippen molar-refractivity contribution < 1.29 is 9.90 Å². The number of aromatic amines is 1. The van der Waals surface area contributed by atoms with E-state index in [0.717, 1.165) is 5.56 Å². The summed E-state index contributed by atoms with van der Waals surface area (Å²) in [5.74, 6) is -1.21. The van der Waals surface area contributed by atoms with Crippen LogP contribution in [0.3, 0.4) is 0 Å². The summed E-state index contributed by atoms with van der Waals surface area (Å²) in [6.45, 7) is 1.78. The zero-order valence-electron chi connectivity index (χ0n) is 8.07. The van der Waals surface area contributed by atoms with Gasteiger partial charge in [0.05, 0.1) is 0 Å². The molecule has 2 N–H and O–H groups in total. The first kappa shape index (κ1) is 9.45. The molecule has 0 unspecified atom stereocenters. The Morgan fingerprint density at radius 3 is 2.80 bits per heavy atom. The van der Waals surface area contributed by atoms with E-state index in [-0.39, 0.29) is 5.56 Å². The smallest absolute Gasteiger partial charge is 0.341 e. The summed E-state index contributed by atoms with van der Waals surface area (Å²) >= 11 is 0. The van der Waals surface area contributed by atoms with Gasteiger partial charge in [0.25, 0.3) is 0 Å². The van der Waals surface area contributed by atoms with E-state index in [2.05, 4.69) is 4.98 Å². The molecule has 0 aliphatic heterocycles. The van der Waals surface area contributed by atoms with Gasteiger partial charge < -0.3 is 10.1 Å². The number of nitrogens with one attached hydrogen (secondary N) is 1. The van der Waals surface area contributed by atoms with Gasteiger partial charge in [0.1, 0.15) is 5.56 Å². The van der Waals surface area contributed by atoms with Crippen molar-refractivity contribution in [2.45, 2.75) is 6.92 Å². The third-order valence-electron chi connectivity index (χ3n) is 2.35. The van der Waals surface area contributed by atoms with Crippen LogP contribution < -0.4 is 5.43 Å². The summed E-state index contributed by atoms with van der Waals surface area (Å²) in [4.78, 5) is 25.3. The number of carboxylic acids is 1. The van der Waals surface area contributed by atoms with E-state index in [1.165, 1.54) is 6.20 Å². The number of fused-ring (bicyclic) bond motifs is 1. The molecule has 2 rings (SSSR count). The van der Waals surface area contributed by atoms with Crippen LogP contribution in [0.2, 0.25) is 0 Å². The lowest BCUT2D eigenvalue weighted by atomic mass is 10.1. The minimum absolute atomic E-state index is 0.225. The zero-order valence-corrected chi connectivity index (χ0v) is 8.07. The van der Waals surface area contributed by atoms with Gasteiger partial charge in [-0.05, 0) is 18.6 Å². The molecule has 0 atom stereocenters. The third kappa shape index (κ3) is 1.40. The maximum atomic E-state index is 11.8. The fourth-order valence-electron chi connectivity index (χ4n) is 1.60. The van der Waals surface area contributed by atoms with Crippen LogP contribution in [0.5, 0.6) is 0 Å². The summed E-state index contributed by atoms with van der Waals surface area (Å²) in [7, 11) is 0. The summed E-state index contributed by atoms with van der Waals surface area (Å²) in [5, 5.41) is 9.24. The number of pyridine rings is 1. The van der Waals surface area contributed by atoms with Crippen molar-refractivity contribution in [3.8, 4) is 0 Å². The molecule has 15 heavy (non-hydrogen) atoms. The first-order chi connectivity index (χ1) is 7.11. The highest BCUT2D eigenvalue weighted by molar-refractivity contribution is 5.93. The van der Waals surface area contributed by atoms with Crippen LogP contribution in [-0.4, -0.2) is 16.1 Å². The number of carbonyl (C=O) groups is 1. The van der Waals surface area contributed by atoms with Gasteiger partial charge in [0, 0.05) is 17.1 Å². The van der Waals surface area contributed by atoms with Crippen LogP contribution in [0.4, 0.5) is 0 Å². The predicted molar refractivity (Wildman–Crippen MR) is 56.3 cm³/mol. The topological polar surface area (TPSA) is 70.2 Å². The highest BCUT2D eigenvalue weighted by Crippen LogP contribution is 2.12. The zero-order chi connectivity index (χ0) is 11.0. The molecule has 76 valence electrons. The Kier molecular flexibility index (Phi) is 2.04. The van der Waals surface area contributed by atoms with Crippen molar-refractivity contribution in [1.29, 1.82) is 0 Å². The average Bonchev–Trinajstić information content (AvgIpc) is 2.17. The molecule has 0 aliphatic carbocycles. The largest absolute Gasteiger partial charge is 0.477 e. The van der Waals surface area contributed by atoms with Gasteiger partial charge >= 0.3 is 5.97 Å². The van der Waals surface area contributed by atoms with E-state index >= 15 is 0 Å². The Labute approximate surface area is 85.2 Å². The SMILES string of the molecule is Cc1cccc2[nH]cc(C(=O)O)c(=O)c12. The summed E-state index contributed by atoms with van der Waals surface area (Å²) in [6.07, 6.45) is 1.23. The normalized spacial score (nSPS) is 10.5. The number of hydrogen-bond donors (Lipinski definition) is 2. The standard InChI is InChI=1S/C11H9NO3/c1-6-3-2-4-8-9(6)10(13)7(5-12-8)11(14)15/h2-5H,1H3,(H,12,13)(H,14,15). The number of carboxylic acid groups (broad SMARTS) is 1. The van der Waals surface area contributed by atoms with Crippen molar-refractivity contribution in [2.75, 3.05) is 0 Å². The lowest BCUT2D eigenvalue weighted by Gasteiger charge is -2.02. The van der Waals surface area contributed by atoms with Crippen LogP contribution in [0.15, 0.2) is 29.2 Å². The molecule has 0 aliphatic rings. The highest BCUT2D eigenvalue weighted by atomic mass is 16.4. The Hall–Kier alpha value is -2.10. The highest BCUT2D eigenvalue weighted by Gasteiger charge is 2.11. The van der Waals surface area contributed by atoms with Crippen molar-refractivity contribution in [3.63, 3.8) is 0 Å². The van der Waals surface area contributed by atoms with Gasteiger partial charge in [-0.3, -0.25) is 4.79 Å². The van der Waals surface area contributed by atoms with Gasteiger partial charge in [-0.15, -0.1) is 0 Å². The van der Waals surface area contributed by atoms with Gasteiger partial charge in [-0.2, -0.15) is 0 Å². The number of aromatic carboxylic acids is 1. The molecule has 1 aromatic heterocycles. The molecule has 4 heteroatoms. The molecule has 1 heterocycles. The molecular formula is C11H9NO3. The summed E-state index contributed by atoms with van der Waals surface area (Å²) < 4.78 is 0. The maximum Gasteiger partial charge on any atom is 0.341 e. The minimum Gasteiger partial charge on any atom is -0.477 e. The van der Waals surface area contributed by atoms with Crippen molar-refractivity contribution in [1.82, 2.24) is 4.98 Å². The molecular weight excluding hydrogens is 194 g/mol. The fourth-order valence-corrected chi connectivity index (χ4v) is 1.60. The van der Waals surface area contributed by atoms with E-state index in [1.54, 1.807) is 19.1 Å². The molecule has 0 amide bonds. The minimum atomic E-state index is -1.21. The summed E-state index contributed by atoms with van der Waals surface area (Å²) in [6, 6.07) is 5.34. The number of hydrogen-bond acceptors (Lipinski definition) is 2. The van der Waals surface area contributed by atoms with E-state index < -0.39 is 11.4 Å². The quantitative estimate of drug-likeness (QED) is 0.738. The van der Waals surface area contributed by atoms with Crippen LogP contribution in [-0.2, 0) is 0 Å². The molecule has 0 fully saturated rings. The number of benzene rings is 1. The lowest BCUT2D eigenvalue weighted by Crippen LogP contribution is -2.15. The van der Waals surface area contributed by atoms with E-state index in [1.807, 2.05) is 6.07 Å². The second-order valence-corrected chi connectivity index (χ2v) is 3.33.